The van der Waals surface area contributed by atoms with E-state index in [2.05, 4.69) is 24.1 Å². The monoisotopic (exact) mass is 199 g/mol. The maximum Gasteiger partial charge on any atom is 0.235 e. The predicted molar refractivity (Wildman–Crippen MR) is 56.9 cm³/mol. The van der Waals surface area contributed by atoms with Crippen LogP contribution in [-0.4, -0.2) is 43.0 Å². The summed E-state index contributed by atoms with van der Waals surface area (Å²) in [6.45, 7) is 6.26. The zero-order chi connectivity index (χ0) is 10.7. The lowest BCUT2D eigenvalue weighted by Gasteiger charge is -2.24. The number of nitrogens with two attached hydrogens (primary N) is 1. The Kier molecular flexibility index (Phi) is 3.89. The summed E-state index contributed by atoms with van der Waals surface area (Å²) in [5, 5.41) is 2.95. The van der Waals surface area contributed by atoms with Crippen LogP contribution in [0.25, 0.3) is 0 Å². The molecule has 1 aliphatic heterocycles. The first-order chi connectivity index (χ1) is 6.54. The average Bonchev–Trinajstić information content (AvgIpc) is 2.40. The molecule has 1 amide bonds. The van der Waals surface area contributed by atoms with Gasteiger partial charge in [0.15, 0.2) is 0 Å². The van der Waals surface area contributed by atoms with Crippen molar-refractivity contribution in [2.75, 3.05) is 20.1 Å². The fourth-order valence-corrected chi connectivity index (χ4v) is 2.20. The first-order valence-electron chi connectivity index (χ1n) is 5.25. The maximum absolute atomic E-state index is 11.0. The molecule has 1 aliphatic rings. The smallest absolute Gasteiger partial charge is 0.235 e. The molecule has 4 heteroatoms. The Morgan fingerprint density at radius 1 is 1.64 bits per heavy atom. The number of nitrogens with one attached hydrogen (secondary N) is 1. The van der Waals surface area contributed by atoms with E-state index >= 15 is 0 Å². The molecule has 3 atom stereocenters. The van der Waals surface area contributed by atoms with Crippen molar-refractivity contribution in [1.82, 2.24) is 10.2 Å². The minimum absolute atomic E-state index is 0.220. The molecule has 82 valence electrons. The van der Waals surface area contributed by atoms with Gasteiger partial charge in [0.2, 0.25) is 5.91 Å². The molecule has 3 N–H and O–H groups in total. The van der Waals surface area contributed by atoms with Crippen LogP contribution in [0.4, 0.5) is 0 Å². The van der Waals surface area contributed by atoms with Crippen LogP contribution in [0.15, 0.2) is 0 Å². The van der Waals surface area contributed by atoms with Gasteiger partial charge in [-0.1, -0.05) is 6.92 Å². The quantitative estimate of drug-likeness (QED) is 0.658. The van der Waals surface area contributed by atoms with Crippen LogP contribution in [0, 0.1) is 5.92 Å². The molecule has 4 nitrogen and oxygen atoms in total. The highest BCUT2D eigenvalue weighted by molar-refractivity contribution is 5.80. The molecule has 1 heterocycles. The molecule has 1 fully saturated rings. The van der Waals surface area contributed by atoms with Crippen LogP contribution in [0.5, 0.6) is 0 Å². The summed E-state index contributed by atoms with van der Waals surface area (Å²) < 4.78 is 0. The molecular formula is C10H21N3O. The molecule has 0 aromatic heterocycles. The van der Waals surface area contributed by atoms with E-state index in [4.69, 9.17) is 5.73 Å². The molecule has 1 saturated heterocycles. The van der Waals surface area contributed by atoms with Crippen molar-refractivity contribution < 1.29 is 4.79 Å². The highest BCUT2D eigenvalue weighted by Gasteiger charge is 2.28. The van der Waals surface area contributed by atoms with Crippen molar-refractivity contribution in [3.63, 3.8) is 0 Å². The lowest BCUT2D eigenvalue weighted by atomic mass is 10.1. The first kappa shape index (κ1) is 11.5. The molecular weight excluding hydrogens is 178 g/mol. The second-order valence-electron chi connectivity index (χ2n) is 4.39. The molecule has 0 saturated carbocycles. The number of carbonyl (C=O) groups is 1. The van der Waals surface area contributed by atoms with Gasteiger partial charge in [-0.25, -0.2) is 0 Å². The second-order valence-corrected chi connectivity index (χ2v) is 4.39. The number of likely N-dealkylation sites (tertiary alicyclic amines) is 1. The van der Waals surface area contributed by atoms with E-state index in [-0.39, 0.29) is 11.9 Å². The average molecular weight is 199 g/mol. The Balaban J connectivity index is 2.46. The molecule has 0 radical (unpaired) electrons. The minimum Gasteiger partial charge on any atom is -0.368 e. The van der Waals surface area contributed by atoms with Crippen molar-refractivity contribution >= 4 is 5.91 Å². The van der Waals surface area contributed by atoms with Gasteiger partial charge in [-0.05, 0) is 26.3 Å². The lowest BCUT2D eigenvalue weighted by Crippen LogP contribution is -2.48. The number of nitrogens with zero attached hydrogens (tertiary/aromatic N) is 1. The lowest BCUT2D eigenvalue weighted by molar-refractivity contribution is -0.120. The number of carbonyl (C=O) groups excluding carboxylic acids is 1. The molecule has 0 spiro atoms. The number of amides is 1. The van der Waals surface area contributed by atoms with Gasteiger partial charge in [0.25, 0.3) is 0 Å². The van der Waals surface area contributed by atoms with Crippen LogP contribution >= 0.6 is 0 Å². The van der Waals surface area contributed by atoms with Crippen LogP contribution in [0.1, 0.15) is 20.3 Å². The third-order valence-electron chi connectivity index (χ3n) is 3.02. The summed E-state index contributed by atoms with van der Waals surface area (Å²) in [6, 6.07) is 0.350. The molecule has 0 aliphatic carbocycles. The van der Waals surface area contributed by atoms with Crippen molar-refractivity contribution in [3.05, 3.63) is 0 Å². The summed E-state index contributed by atoms with van der Waals surface area (Å²) in [5.41, 5.74) is 5.28. The van der Waals surface area contributed by atoms with E-state index in [0.29, 0.717) is 6.04 Å². The van der Waals surface area contributed by atoms with E-state index in [1.54, 1.807) is 7.05 Å². The Bertz CT molecular complexity index is 208. The summed E-state index contributed by atoms with van der Waals surface area (Å²) in [6.07, 6.45) is 1.22. The van der Waals surface area contributed by atoms with E-state index in [9.17, 15) is 4.79 Å². The fraction of sp³-hybridized carbons (Fsp3) is 0.900. The number of likely N-dealkylation sites (N-methyl/N-ethyl adjacent to an activating group) is 1. The van der Waals surface area contributed by atoms with Crippen LogP contribution in [0.3, 0.4) is 0 Å². The Hall–Kier alpha value is -0.610. The molecule has 0 bridgehead atoms. The van der Waals surface area contributed by atoms with Crippen molar-refractivity contribution in [3.8, 4) is 0 Å². The summed E-state index contributed by atoms with van der Waals surface area (Å²) in [4.78, 5) is 13.4. The zero-order valence-electron chi connectivity index (χ0n) is 9.29. The van der Waals surface area contributed by atoms with Crippen LogP contribution < -0.4 is 11.1 Å². The third kappa shape index (κ3) is 2.69. The Morgan fingerprint density at radius 3 is 2.64 bits per heavy atom. The number of hydrogen-bond donors (Lipinski definition) is 2. The first-order valence-corrected chi connectivity index (χ1v) is 5.25. The van der Waals surface area contributed by atoms with Crippen LogP contribution in [-0.2, 0) is 4.79 Å². The second kappa shape index (κ2) is 4.75. The number of primary amides is 1. The summed E-state index contributed by atoms with van der Waals surface area (Å²) in [7, 11) is 1.78. The van der Waals surface area contributed by atoms with Gasteiger partial charge in [-0.3, -0.25) is 9.69 Å². The number of rotatable bonds is 4. The SMILES string of the molecule is CNC(CN1CC(C)CC1C)C(N)=O. The van der Waals surface area contributed by atoms with E-state index < -0.39 is 0 Å². The van der Waals surface area contributed by atoms with Gasteiger partial charge in [0.05, 0.1) is 6.04 Å². The van der Waals surface area contributed by atoms with Gasteiger partial charge in [-0.2, -0.15) is 0 Å². The summed E-state index contributed by atoms with van der Waals surface area (Å²) in [5.74, 6) is 0.467. The highest BCUT2D eigenvalue weighted by atomic mass is 16.1. The normalized spacial score (nSPS) is 30.5. The highest BCUT2D eigenvalue weighted by Crippen LogP contribution is 2.21. The topological polar surface area (TPSA) is 58.4 Å². The maximum atomic E-state index is 11.0. The van der Waals surface area contributed by atoms with Gasteiger partial charge >= 0.3 is 0 Å². The van der Waals surface area contributed by atoms with Gasteiger partial charge in [-0.15, -0.1) is 0 Å². The predicted octanol–water partition coefficient (Wildman–Crippen LogP) is -0.210. The molecule has 0 aromatic carbocycles. The fourth-order valence-electron chi connectivity index (χ4n) is 2.20. The van der Waals surface area contributed by atoms with Gasteiger partial charge in [0, 0.05) is 19.1 Å². The molecule has 1 rings (SSSR count). The van der Waals surface area contributed by atoms with E-state index in [1.165, 1.54) is 6.42 Å². The van der Waals surface area contributed by atoms with Crippen molar-refractivity contribution in [1.29, 1.82) is 0 Å². The van der Waals surface area contributed by atoms with Crippen molar-refractivity contribution in [2.45, 2.75) is 32.4 Å². The zero-order valence-corrected chi connectivity index (χ0v) is 9.29. The number of hydrogen-bond acceptors (Lipinski definition) is 3. The minimum atomic E-state index is -0.265. The van der Waals surface area contributed by atoms with Gasteiger partial charge < -0.3 is 11.1 Å². The van der Waals surface area contributed by atoms with E-state index in [0.717, 1.165) is 19.0 Å². The molecule has 3 unspecified atom stereocenters. The summed E-state index contributed by atoms with van der Waals surface area (Å²) >= 11 is 0. The van der Waals surface area contributed by atoms with Crippen molar-refractivity contribution in [2.24, 2.45) is 11.7 Å². The van der Waals surface area contributed by atoms with E-state index in [1.807, 2.05) is 0 Å². The van der Waals surface area contributed by atoms with Gasteiger partial charge in [0.1, 0.15) is 0 Å². The molecule has 0 aromatic rings. The largest absolute Gasteiger partial charge is 0.368 e. The Labute approximate surface area is 85.8 Å². The third-order valence-corrected chi connectivity index (χ3v) is 3.02. The Morgan fingerprint density at radius 2 is 2.29 bits per heavy atom. The molecule has 14 heavy (non-hydrogen) atoms. The standard InChI is InChI=1S/C10H21N3O/c1-7-4-8(2)13(5-7)6-9(12-3)10(11)14/h7-9,12H,4-6H2,1-3H3,(H2,11,14). The van der Waals surface area contributed by atoms with Crippen LogP contribution in [0.2, 0.25) is 0 Å².